The van der Waals surface area contributed by atoms with Crippen LogP contribution >= 0.6 is 0 Å². The maximum Gasteiger partial charge on any atom is 0.225 e. The van der Waals surface area contributed by atoms with E-state index in [-0.39, 0.29) is 0 Å². The van der Waals surface area contributed by atoms with Gasteiger partial charge in [-0.1, -0.05) is 13.8 Å². The van der Waals surface area contributed by atoms with Gasteiger partial charge in [0.1, 0.15) is 0 Å². The van der Waals surface area contributed by atoms with E-state index in [1.165, 1.54) is 5.56 Å². The van der Waals surface area contributed by atoms with Crippen LogP contribution in [0.5, 0.6) is 0 Å². The molecular formula is C13H24N4. The number of aryl methyl sites for hydroxylation is 1. The normalized spacial score (nSPS) is 10.6. The fourth-order valence-corrected chi connectivity index (χ4v) is 1.67. The Labute approximate surface area is 104 Å². The summed E-state index contributed by atoms with van der Waals surface area (Å²) < 4.78 is 0. The molecule has 0 saturated heterocycles. The van der Waals surface area contributed by atoms with E-state index in [9.17, 15) is 0 Å². The van der Waals surface area contributed by atoms with Crippen LogP contribution in [0.4, 0.5) is 5.95 Å². The fourth-order valence-electron chi connectivity index (χ4n) is 1.67. The number of anilines is 1. The molecule has 0 unspecified atom stereocenters. The molecule has 4 nitrogen and oxygen atoms in total. The number of nitrogens with zero attached hydrogens (tertiary/aromatic N) is 3. The number of hydrogen-bond acceptors (Lipinski definition) is 4. The Hall–Kier alpha value is -1.16. The van der Waals surface area contributed by atoms with Gasteiger partial charge < -0.3 is 10.2 Å². The predicted molar refractivity (Wildman–Crippen MR) is 72.3 cm³/mol. The Morgan fingerprint density at radius 2 is 2.06 bits per heavy atom. The minimum absolute atomic E-state index is 0.823. The van der Waals surface area contributed by atoms with Crippen molar-refractivity contribution >= 4 is 5.95 Å². The maximum absolute atomic E-state index is 4.55. The van der Waals surface area contributed by atoms with Gasteiger partial charge in [-0.05, 0) is 26.3 Å². The zero-order valence-electron chi connectivity index (χ0n) is 11.5. The summed E-state index contributed by atoms with van der Waals surface area (Å²) in [6.45, 7) is 9.26. The van der Waals surface area contributed by atoms with Crippen molar-refractivity contribution in [2.45, 2.75) is 40.2 Å². The van der Waals surface area contributed by atoms with Gasteiger partial charge in [-0.15, -0.1) is 0 Å². The Morgan fingerprint density at radius 1 is 1.29 bits per heavy atom. The molecule has 0 radical (unpaired) electrons. The van der Waals surface area contributed by atoms with Gasteiger partial charge in [-0.2, -0.15) is 0 Å². The van der Waals surface area contributed by atoms with Crippen LogP contribution in [-0.4, -0.2) is 30.1 Å². The average Bonchev–Trinajstić information content (AvgIpc) is 2.31. The van der Waals surface area contributed by atoms with Gasteiger partial charge in [0.25, 0.3) is 0 Å². The standard InChI is InChI=1S/C13H24N4/c1-5-7-14-9-12-10-15-13(16-11(12)3)17(4)8-6-2/h10,14H,5-9H2,1-4H3. The van der Waals surface area contributed by atoms with E-state index in [4.69, 9.17) is 0 Å². The van der Waals surface area contributed by atoms with Crippen LogP contribution in [0, 0.1) is 6.92 Å². The van der Waals surface area contributed by atoms with Crippen molar-refractivity contribution in [3.8, 4) is 0 Å². The van der Waals surface area contributed by atoms with Crippen molar-refractivity contribution in [3.05, 3.63) is 17.5 Å². The lowest BCUT2D eigenvalue weighted by Gasteiger charge is -2.17. The SMILES string of the molecule is CCCNCc1cnc(N(C)CCC)nc1C. The number of rotatable bonds is 7. The van der Waals surface area contributed by atoms with Crippen molar-refractivity contribution < 1.29 is 0 Å². The van der Waals surface area contributed by atoms with E-state index in [2.05, 4.69) is 34.0 Å². The first-order chi connectivity index (χ1) is 8.19. The summed E-state index contributed by atoms with van der Waals surface area (Å²) in [5.74, 6) is 0.823. The molecule has 4 heteroatoms. The summed E-state index contributed by atoms with van der Waals surface area (Å²) in [4.78, 5) is 11.1. The molecule has 0 fully saturated rings. The monoisotopic (exact) mass is 236 g/mol. The first-order valence-corrected chi connectivity index (χ1v) is 6.43. The zero-order valence-corrected chi connectivity index (χ0v) is 11.5. The van der Waals surface area contributed by atoms with E-state index in [1.807, 2.05) is 20.2 Å². The Kier molecular flexibility index (Phi) is 5.91. The van der Waals surface area contributed by atoms with Gasteiger partial charge in [0.15, 0.2) is 0 Å². The molecule has 0 saturated carbocycles. The van der Waals surface area contributed by atoms with Crippen molar-refractivity contribution in [1.82, 2.24) is 15.3 Å². The topological polar surface area (TPSA) is 41.1 Å². The van der Waals surface area contributed by atoms with Gasteiger partial charge >= 0.3 is 0 Å². The molecular weight excluding hydrogens is 212 g/mol. The van der Waals surface area contributed by atoms with Gasteiger partial charge in [0.2, 0.25) is 5.95 Å². The van der Waals surface area contributed by atoms with E-state index < -0.39 is 0 Å². The molecule has 96 valence electrons. The molecule has 0 aliphatic heterocycles. The highest BCUT2D eigenvalue weighted by atomic mass is 15.2. The molecule has 0 spiro atoms. The van der Waals surface area contributed by atoms with Crippen LogP contribution in [0.25, 0.3) is 0 Å². The molecule has 1 rings (SSSR count). The average molecular weight is 236 g/mol. The lowest BCUT2D eigenvalue weighted by atomic mass is 10.2. The molecule has 0 aromatic carbocycles. The summed E-state index contributed by atoms with van der Waals surface area (Å²) in [6.07, 6.45) is 4.20. The second-order valence-corrected chi connectivity index (χ2v) is 4.38. The van der Waals surface area contributed by atoms with Gasteiger partial charge in [0, 0.05) is 37.6 Å². The Balaban J connectivity index is 2.65. The Bertz CT molecular complexity index is 338. The molecule has 0 bridgehead atoms. The lowest BCUT2D eigenvalue weighted by molar-refractivity contribution is 0.667. The highest BCUT2D eigenvalue weighted by Crippen LogP contribution is 2.10. The first kappa shape index (κ1) is 13.9. The maximum atomic E-state index is 4.55. The summed E-state index contributed by atoms with van der Waals surface area (Å²) in [7, 11) is 2.03. The highest BCUT2D eigenvalue weighted by molar-refractivity contribution is 5.31. The van der Waals surface area contributed by atoms with Crippen LogP contribution in [-0.2, 0) is 6.54 Å². The van der Waals surface area contributed by atoms with Gasteiger partial charge in [0.05, 0.1) is 0 Å². The van der Waals surface area contributed by atoms with E-state index >= 15 is 0 Å². The zero-order chi connectivity index (χ0) is 12.7. The number of nitrogens with one attached hydrogen (secondary N) is 1. The van der Waals surface area contributed by atoms with Crippen LogP contribution in [0.15, 0.2) is 6.20 Å². The third-order valence-corrected chi connectivity index (χ3v) is 2.71. The fraction of sp³-hybridized carbons (Fsp3) is 0.692. The molecule has 0 aliphatic rings. The van der Waals surface area contributed by atoms with Gasteiger partial charge in [-0.25, -0.2) is 9.97 Å². The summed E-state index contributed by atoms with van der Waals surface area (Å²) in [6, 6.07) is 0. The third-order valence-electron chi connectivity index (χ3n) is 2.71. The molecule has 0 amide bonds. The van der Waals surface area contributed by atoms with Crippen LogP contribution in [0.1, 0.15) is 37.9 Å². The largest absolute Gasteiger partial charge is 0.344 e. The highest BCUT2D eigenvalue weighted by Gasteiger charge is 2.06. The third kappa shape index (κ3) is 4.30. The molecule has 0 atom stereocenters. The van der Waals surface area contributed by atoms with E-state index in [0.29, 0.717) is 0 Å². The van der Waals surface area contributed by atoms with E-state index in [1.54, 1.807) is 0 Å². The molecule has 1 N–H and O–H groups in total. The lowest BCUT2D eigenvalue weighted by Crippen LogP contribution is -2.22. The second kappa shape index (κ2) is 7.22. The van der Waals surface area contributed by atoms with Crippen molar-refractivity contribution in [1.29, 1.82) is 0 Å². The smallest absolute Gasteiger partial charge is 0.225 e. The molecule has 1 heterocycles. The Morgan fingerprint density at radius 3 is 2.65 bits per heavy atom. The molecule has 1 aromatic rings. The van der Waals surface area contributed by atoms with E-state index in [0.717, 1.165) is 44.1 Å². The minimum Gasteiger partial charge on any atom is -0.344 e. The molecule has 1 aromatic heterocycles. The predicted octanol–water partition coefficient (Wildman–Crippen LogP) is 2.13. The van der Waals surface area contributed by atoms with Crippen LogP contribution < -0.4 is 10.2 Å². The number of hydrogen-bond donors (Lipinski definition) is 1. The number of aromatic nitrogens is 2. The summed E-state index contributed by atoms with van der Waals surface area (Å²) >= 11 is 0. The van der Waals surface area contributed by atoms with Crippen molar-refractivity contribution in [2.24, 2.45) is 0 Å². The van der Waals surface area contributed by atoms with Crippen molar-refractivity contribution in [2.75, 3.05) is 25.0 Å². The van der Waals surface area contributed by atoms with Crippen LogP contribution in [0.2, 0.25) is 0 Å². The molecule has 0 aliphatic carbocycles. The first-order valence-electron chi connectivity index (χ1n) is 6.43. The summed E-state index contributed by atoms with van der Waals surface area (Å²) in [5.41, 5.74) is 2.26. The quantitative estimate of drug-likeness (QED) is 0.736. The minimum atomic E-state index is 0.823. The second-order valence-electron chi connectivity index (χ2n) is 4.38. The van der Waals surface area contributed by atoms with Crippen LogP contribution in [0.3, 0.4) is 0 Å². The summed E-state index contributed by atoms with van der Waals surface area (Å²) in [5, 5.41) is 3.37. The van der Waals surface area contributed by atoms with Gasteiger partial charge in [-0.3, -0.25) is 0 Å². The molecule has 17 heavy (non-hydrogen) atoms. The van der Waals surface area contributed by atoms with Crippen molar-refractivity contribution in [3.63, 3.8) is 0 Å².